The number of rotatable bonds is 5. The molecule has 0 fully saturated rings. The maximum Gasteiger partial charge on any atom is 0.356 e. The van der Waals surface area contributed by atoms with Gasteiger partial charge in [0.15, 0.2) is 16.6 Å². The minimum atomic E-state index is -1.20. The Balaban J connectivity index is 2.18. The number of carbonyl (C=O) groups excluding carboxylic acids is 1. The molecule has 106 valence electrons. The number of hydrogen-bond acceptors (Lipinski definition) is 6. The van der Waals surface area contributed by atoms with Crippen molar-refractivity contribution in [3.63, 3.8) is 0 Å². The summed E-state index contributed by atoms with van der Waals surface area (Å²) in [4.78, 5) is 26.5. The highest BCUT2D eigenvalue weighted by Gasteiger charge is 2.20. The molecular weight excluding hydrogens is 280 g/mol. The summed E-state index contributed by atoms with van der Waals surface area (Å²) in [5.74, 6) is -1.50. The maximum absolute atomic E-state index is 11.4. The SMILES string of the molecule is CC(=O)c1sc(NCc2cn(C)nc2C)nc1C(=O)O. The first-order valence-corrected chi connectivity index (χ1v) is 6.68. The quantitative estimate of drug-likeness (QED) is 0.815. The van der Waals surface area contributed by atoms with E-state index in [2.05, 4.69) is 15.4 Å². The highest BCUT2D eigenvalue weighted by molar-refractivity contribution is 7.17. The largest absolute Gasteiger partial charge is 0.476 e. The lowest BCUT2D eigenvalue weighted by Crippen LogP contribution is -2.04. The van der Waals surface area contributed by atoms with Crippen molar-refractivity contribution in [3.8, 4) is 0 Å². The fourth-order valence-corrected chi connectivity index (χ4v) is 2.62. The Hall–Kier alpha value is -2.22. The Morgan fingerprint density at radius 3 is 2.65 bits per heavy atom. The molecule has 2 heterocycles. The average Bonchev–Trinajstić information content (AvgIpc) is 2.90. The summed E-state index contributed by atoms with van der Waals surface area (Å²) in [5, 5.41) is 16.7. The van der Waals surface area contributed by atoms with Crippen molar-refractivity contribution >= 4 is 28.2 Å². The van der Waals surface area contributed by atoms with Gasteiger partial charge in [0.1, 0.15) is 4.88 Å². The summed E-state index contributed by atoms with van der Waals surface area (Å²) in [7, 11) is 1.83. The van der Waals surface area contributed by atoms with Gasteiger partial charge in [-0.25, -0.2) is 9.78 Å². The normalized spacial score (nSPS) is 10.6. The van der Waals surface area contributed by atoms with Crippen LogP contribution in [0.3, 0.4) is 0 Å². The van der Waals surface area contributed by atoms with Crippen molar-refractivity contribution in [1.82, 2.24) is 14.8 Å². The van der Waals surface area contributed by atoms with Crippen molar-refractivity contribution < 1.29 is 14.7 Å². The van der Waals surface area contributed by atoms with Crippen molar-refractivity contribution in [2.24, 2.45) is 7.05 Å². The highest BCUT2D eigenvalue weighted by atomic mass is 32.1. The molecule has 0 atom stereocenters. The molecule has 2 aromatic heterocycles. The summed E-state index contributed by atoms with van der Waals surface area (Å²) in [6, 6.07) is 0. The second kappa shape index (κ2) is 5.41. The van der Waals surface area contributed by atoms with E-state index in [0.717, 1.165) is 22.6 Å². The van der Waals surface area contributed by atoms with E-state index < -0.39 is 5.97 Å². The van der Waals surface area contributed by atoms with Gasteiger partial charge in [0.05, 0.1) is 5.69 Å². The van der Waals surface area contributed by atoms with Crippen LogP contribution in [0.2, 0.25) is 0 Å². The van der Waals surface area contributed by atoms with Crippen LogP contribution in [0.5, 0.6) is 0 Å². The van der Waals surface area contributed by atoms with Crippen LogP contribution in [0.4, 0.5) is 5.13 Å². The third-order valence-electron chi connectivity index (χ3n) is 2.69. The smallest absolute Gasteiger partial charge is 0.356 e. The predicted molar refractivity (Wildman–Crippen MR) is 74.3 cm³/mol. The lowest BCUT2D eigenvalue weighted by Gasteiger charge is -2.00. The molecule has 0 amide bonds. The third-order valence-corrected chi connectivity index (χ3v) is 3.81. The number of aryl methyl sites for hydroxylation is 2. The maximum atomic E-state index is 11.4. The number of ketones is 1. The summed E-state index contributed by atoms with van der Waals surface area (Å²) in [6.07, 6.45) is 1.87. The zero-order valence-electron chi connectivity index (χ0n) is 11.3. The first-order chi connectivity index (χ1) is 9.38. The van der Waals surface area contributed by atoms with Gasteiger partial charge < -0.3 is 10.4 Å². The topological polar surface area (TPSA) is 97.1 Å². The van der Waals surface area contributed by atoms with Gasteiger partial charge in [0, 0.05) is 32.3 Å². The number of aromatic nitrogens is 3. The van der Waals surface area contributed by atoms with Crippen molar-refractivity contribution in [2.45, 2.75) is 20.4 Å². The van der Waals surface area contributed by atoms with Crippen LogP contribution < -0.4 is 5.32 Å². The van der Waals surface area contributed by atoms with E-state index in [1.54, 1.807) is 4.68 Å². The molecule has 0 bridgehead atoms. The molecule has 0 aliphatic heterocycles. The lowest BCUT2D eigenvalue weighted by molar-refractivity contribution is 0.0687. The van der Waals surface area contributed by atoms with Gasteiger partial charge in [-0.05, 0) is 6.92 Å². The number of Topliss-reactive ketones (excluding diaryl/α,β-unsaturated/α-hetero) is 1. The number of hydrogen-bond donors (Lipinski definition) is 2. The third kappa shape index (κ3) is 2.85. The predicted octanol–water partition coefficient (Wildman–Crippen LogP) is 1.70. The Kier molecular flexibility index (Phi) is 3.84. The fraction of sp³-hybridized carbons (Fsp3) is 0.333. The number of carbonyl (C=O) groups is 2. The molecule has 0 aliphatic rings. The molecule has 0 saturated heterocycles. The number of carboxylic acid groups (broad SMARTS) is 1. The molecule has 0 spiro atoms. The second-order valence-corrected chi connectivity index (χ2v) is 5.32. The van der Waals surface area contributed by atoms with Crippen molar-refractivity contribution in [1.29, 1.82) is 0 Å². The molecule has 2 rings (SSSR count). The minimum Gasteiger partial charge on any atom is -0.476 e. The summed E-state index contributed by atoms with van der Waals surface area (Å²) in [5.41, 5.74) is 1.68. The van der Waals surface area contributed by atoms with Gasteiger partial charge in [-0.15, -0.1) is 0 Å². The number of aromatic carboxylic acids is 1. The Morgan fingerprint density at radius 2 is 2.20 bits per heavy atom. The van der Waals surface area contributed by atoms with Gasteiger partial charge >= 0.3 is 5.97 Å². The molecule has 2 aromatic rings. The van der Waals surface area contributed by atoms with E-state index in [4.69, 9.17) is 5.11 Å². The van der Waals surface area contributed by atoms with E-state index in [-0.39, 0.29) is 16.4 Å². The lowest BCUT2D eigenvalue weighted by atomic mass is 10.3. The van der Waals surface area contributed by atoms with Gasteiger partial charge in [-0.2, -0.15) is 5.10 Å². The highest BCUT2D eigenvalue weighted by Crippen LogP contribution is 2.24. The average molecular weight is 294 g/mol. The Bertz CT molecular complexity index is 643. The number of thiazole rings is 1. The van der Waals surface area contributed by atoms with Gasteiger partial charge in [0.25, 0.3) is 0 Å². The monoisotopic (exact) mass is 294 g/mol. The molecular formula is C12H14N4O3S. The van der Waals surface area contributed by atoms with Crippen molar-refractivity contribution in [3.05, 3.63) is 28.0 Å². The fourth-order valence-electron chi connectivity index (χ4n) is 1.77. The van der Waals surface area contributed by atoms with Crippen LogP contribution in [0.1, 0.15) is 38.3 Å². The van der Waals surface area contributed by atoms with Crippen LogP contribution in [0.15, 0.2) is 6.20 Å². The zero-order chi connectivity index (χ0) is 14.9. The summed E-state index contributed by atoms with van der Waals surface area (Å²) < 4.78 is 1.71. The first-order valence-electron chi connectivity index (χ1n) is 5.86. The number of nitrogens with one attached hydrogen (secondary N) is 1. The van der Waals surface area contributed by atoms with E-state index in [0.29, 0.717) is 11.7 Å². The van der Waals surface area contributed by atoms with Crippen molar-refractivity contribution in [2.75, 3.05) is 5.32 Å². The molecule has 0 saturated carbocycles. The van der Waals surface area contributed by atoms with Gasteiger partial charge in [-0.1, -0.05) is 11.3 Å². The zero-order valence-corrected chi connectivity index (χ0v) is 12.1. The van der Waals surface area contributed by atoms with Crippen LogP contribution in [-0.2, 0) is 13.6 Å². The van der Waals surface area contributed by atoms with Crippen LogP contribution in [0, 0.1) is 6.92 Å². The summed E-state index contributed by atoms with van der Waals surface area (Å²) in [6.45, 7) is 3.70. The van der Waals surface area contributed by atoms with E-state index >= 15 is 0 Å². The van der Waals surface area contributed by atoms with Gasteiger partial charge in [0.2, 0.25) is 0 Å². The molecule has 0 unspecified atom stereocenters. The standard InChI is InChI=1S/C12H14N4O3S/c1-6-8(5-16(3)15-6)4-13-12-14-9(11(18)19)10(20-12)7(2)17/h5H,4H2,1-3H3,(H,13,14)(H,18,19). The number of nitrogens with zero attached hydrogens (tertiary/aromatic N) is 3. The molecule has 2 N–H and O–H groups in total. The van der Waals surface area contributed by atoms with Gasteiger partial charge in [-0.3, -0.25) is 9.48 Å². The second-order valence-electron chi connectivity index (χ2n) is 4.33. The molecule has 7 nitrogen and oxygen atoms in total. The van der Waals surface area contributed by atoms with Crippen LogP contribution in [-0.4, -0.2) is 31.6 Å². The van der Waals surface area contributed by atoms with E-state index in [1.807, 2.05) is 20.2 Å². The molecule has 0 aliphatic carbocycles. The Labute approximate surface area is 119 Å². The molecule has 8 heteroatoms. The number of anilines is 1. The summed E-state index contributed by atoms with van der Waals surface area (Å²) >= 11 is 1.05. The van der Waals surface area contributed by atoms with E-state index in [1.165, 1.54) is 6.92 Å². The molecule has 0 aromatic carbocycles. The Morgan fingerprint density at radius 1 is 1.50 bits per heavy atom. The molecule has 0 radical (unpaired) electrons. The molecule has 20 heavy (non-hydrogen) atoms. The first kappa shape index (κ1) is 14.2. The number of carboxylic acids is 1. The minimum absolute atomic E-state index is 0.155. The van der Waals surface area contributed by atoms with Crippen LogP contribution >= 0.6 is 11.3 Å². The van der Waals surface area contributed by atoms with E-state index in [9.17, 15) is 9.59 Å². The van der Waals surface area contributed by atoms with Crippen LogP contribution in [0.25, 0.3) is 0 Å².